The standard InChI is InChI=1S/C24H30FN5O.HI/c1-4-30(5-2)23(31)18-8-6-17(7-9-18)15-29-24(26-3)27-13-12-19-16-28-22-11-10-20(25)14-21(19)22;/h6-11,14,16,28H,4-5,12-13,15H2,1-3H3,(H2,26,27,29);1H. The largest absolute Gasteiger partial charge is 0.361 e. The quantitative estimate of drug-likeness (QED) is 0.222. The molecule has 1 heterocycles. The van der Waals surface area contributed by atoms with E-state index in [1.165, 1.54) is 6.07 Å². The number of nitrogens with zero attached hydrogens (tertiary/aromatic N) is 2. The lowest BCUT2D eigenvalue weighted by atomic mass is 10.1. The van der Waals surface area contributed by atoms with Crippen molar-refractivity contribution in [3.63, 3.8) is 0 Å². The van der Waals surface area contributed by atoms with E-state index in [2.05, 4.69) is 20.6 Å². The first kappa shape index (κ1) is 25.6. The van der Waals surface area contributed by atoms with Gasteiger partial charge in [0, 0.05) is 55.9 Å². The molecule has 0 radical (unpaired) electrons. The van der Waals surface area contributed by atoms with Gasteiger partial charge in [0.05, 0.1) is 0 Å². The monoisotopic (exact) mass is 551 g/mol. The number of aromatic amines is 1. The van der Waals surface area contributed by atoms with Crippen molar-refractivity contribution in [1.29, 1.82) is 0 Å². The molecule has 8 heteroatoms. The smallest absolute Gasteiger partial charge is 0.253 e. The first-order chi connectivity index (χ1) is 15.0. The number of guanidine groups is 1. The molecule has 32 heavy (non-hydrogen) atoms. The molecule has 1 amide bonds. The van der Waals surface area contributed by atoms with Crippen molar-refractivity contribution >= 4 is 46.7 Å². The lowest BCUT2D eigenvalue weighted by Gasteiger charge is -2.18. The van der Waals surface area contributed by atoms with E-state index >= 15 is 0 Å². The highest BCUT2D eigenvalue weighted by Crippen LogP contribution is 2.19. The van der Waals surface area contributed by atoms with Gasteiger partial charge in [0.25, 0.3) is 5.91 Å². The molecule has 0 aliphatic heterocycles. The normalized spacial score (nSPS) is 11.2. The molecular formula is C24H31FIN5O. The first-order valence-corrected chi connectivity index (χ1v) is 10.6. The van der Waals surface area contributed by atoms with Crippen molar-refractivity contribution in [1.82, 2.24) is 20.5 Å². The van der Waals surface area contributed by atoms with Crippen LogP contribution >= 0.6 is 24.0 Å². The zero-order chi connectivity index (χ0) is 22.2. The Labute approximate surface area is 205 Å². The van der Waals surface area contributed by atoms with Crippen LogP contribution in [0.2, 0.25) is 0 Å². The van der Waals surface area contributed by atoms with Crippen LogP contribution in [0.3, 0.4) is 0 Å². The van der Waals surface area contributed by atoms with Gasteiger partial charge < -0.3 is 20.5 Å². The third kappa shape index (κ3) is 6.44. The Balaban J connectivity index is 0.00000363. The summed E-state index contributed by atoms with van der Waals surface area (Å²) < 4.78 is 13.5. The summed E-state index contributed by atoms with van der Waals surface area (Å²) in [6.07, 6.45) is 2.66. The zero-order valence-corrected chi connectivity index (χ0v) is 21.1. The van der Waals surface area contributed by atoms with Crippen LogP contribution in [0.15, 0.2) is 53.7 Å². The van der Waals surface area contributed by atoms with Crippen LogP contribution < -0.4 is 10.6 Å². The summed E-state index contributed by atoms with van der Waals surface area (Å²) in [5.41, 5.74) is 3.75. The number of halogens is 2. The fourth-order valence-corrected chi connectivity index (χ4v) is 3.54. The van der Waals surface area contributed by atoms with Crippen LogP contribution in [-0.2, 0) is 13.0 Å². The molecule has 3 aromatic rings. The molecular weight excluding hydrogens is 520 g/mol. The van der Waals surface area contributed by atoms with Gasteiger partial charge in [0.2, 0.25) is 0 Å². The van der Waals surface area contributed by atoms with Crippen LogP contribution in [0.1, 0.15) is 35.3 Å². The van der Waals surface area contributed by atoms with Gasteiger partial charge in [-0.1, -0.05) is 12.1 Å². The van der Waals surface area contributed by atoms with E-state index in [1.54, 1.807) is 24.1 Å². The lowest BCUT2D eigenvalue weighted by Crippen LogP contribution is -2.37. The number of benzene rings is 2. The highest BCUT2D eigenvalue weighted by atomic mass is 127. The second kappa shape index (κ2) is 12.4. The Hall–Kier alpha value is -2.62. The minimum atomic E-state index is -0.233. The van der Waals surface area contributed by atoms with Crippen LogP contribution in [0, 0.1) is 5.82 Å². The fourth-order valence-electron chi connectivity index (χ4n) is 3.54. The predicted octanol–water partition coefficient (Wildman–Crippen LogP) is 4.31. The van der Waals surface area contributed by atoms with Gasteiger partial charge in [-0.3, -0.25) is 9.79 Å². The first-order valence-electron chi connectivity index (χ1n) is 10.6. The van der Waals surface area contributed by atoms with E-state index < -0.39 is 0 Å². The predicted molar refractivity (Wildman–Crippen MR) is 139 cm³/mol. The van der Waals surface area contributed by atoms with Crippen LogP contribution in [-0.4, -0.2) is 48.4 Å². The zero-order valence-electron chi connectivity index (χ0n) is 18.7. The number of rotatable bonds is 8. The van der Waals surface area contributed by atoms with Crippen molar-refractivity contribution in [2.75, 3.05) is 26.7 Å². The van der Waals surface area contributed by atoms with E-state index in [4.69, 9.17) is 0 Å². The number of amides is 1. The molecule has 1 aromatic heterocycles. The second-order valence-electron chi connectivity index (χ2n) is 7.28. The molecule has 6 nitrogen and oxygen atoms in total. The molecule has 2 aromatic carbocycles. The number of H-pyrrole nitrogens is 1. The van der Waals surface area contributed by atoms with E-state index in [1.807, 2.05) is 44.3 Å². The molecule has 3 rings (SSSR count). The van der Waals surface area contributed by atoms with Crippen molar-refractivity contribution in [3.05, 3.63) is 71.2 Å². The number of nitrogens with one attached hydrogen (secondary N) is 3. The van der Waals surface area contributed by atoms with Gasteiger partial charge in [-0.2, -0.15) is 0 Å². The molecule has 0 aliphatic rings. The number of aromatic nitrogens is 1. The number of hydrogen-bond acceptors (Lipinski definition) is 2. The minimum absolute atomic E-state index is 0. The van der Waals surface area contributed by atoms with E-state index in [0.29, 0.717) is 37.7 Å². The Morgan fingerprint density at radius 3 is 2.47 bits per heavy atom. The van der Waals surface area contributed by atoms with Crippen molar-refractivity contribution in [3.8, 4) is 0 Å². The molecule has 0 aliphatic carbocycles. The number of aliphatic imine (C=N–C) groups is 1. The van der Waals surface area contributed by atoms with Gasteiger partial charge in [-0.25, -0.2) is 4.39 Å². The maximum absolute atomic E-state index is 13.5. The van der Waals surface area contributed by atoms with Crippen LogP contribution in [0.5, 0.6) is 0 Å². The molecule has 3 N–H and O–H groups in total. The van der Waals surface area contributed by atoms with Crippen LogP contribution in [0.25, 0.3) is 10.9 Å². The van der Waals surface area contributed by atoms with Crippen molar-refractivity contribution < 1.29 is 9.18 Å². The maximum Gasteiger partial charge on any atom is 0.253 e. The summed E-state index contributed by atoms with van der Waals surface area (Å²) in [4.78, 5) is 21.6. The molecule has 0 bridgehead atoms. The Morgan fingerprint density at radius 2 is 1.81 bits per heavy atom. The highest BCUT2D eigenvalue weighted by Gasteiger charge is 2.12. The Morgan fingerprint density at radius 1 is 1.09 bits per heavy atom. The molecule has 0 fully saturated rings. The maximum atomic E-state index is 13.5. The summed E-state index contributed by atoms with van der Waals surface area (Å²) in [7, 11) is 1.72. The lowest BCUT2D eigenvalue weighted by molar-refractivity contribution is 0.0773. The topological polar surface area (TPSA) is 72.5 Å². The molecule has 0 atom stereocenters. The van der Waals surface area contributed by atoms with Gasteiger partial charge >= 0.3 is 0 Å². The highest BCUT2D eigenvalue weighted by molar-refractivity contribution is 14.0. The second-order valence-corrected chi connectivity index (χ2v) is 7.28. The average molecular weight is 551 g/mol. The van der Waals surface area contributed by atoms with Crippen LogP contribution in [0.4, 0.5) is 4.39 Å². The van der Waals surface area contributed by atoms with Gasteiger partial charge in [0.15, 0.2) is 5.96 Å². The Kier molecular flexibility index (Phi) is 9.96. The summed E-state index contributed by atoms with van der Waals surface area (Å²) in [6, 6.07) is 12.4. The number of carbonyl (C=O) groups is 1. The van der Waals surface area contributed by atoms with E-state index in [0.717, 1.165) is 28.5 Å². The molecule has 0 saturated heterocycles. The van der Waals surface area contributed by atoms with E-state index in [-0.39, 0.29) is 35.7 Å². The SMILES string of the molecule is CCN(CC)C(=O)c1ccc(CNC(=NC)NCCc2c[nH]c3ccc(F)cc23)cc1.I. The van der Waals surface area contributed by atoms with Gasteiger partial charge in [-0.05, 0) is 61.7 Å². The van der Waals surface area contributed by atoms with Gasteiger partial charge in [-0.15, -0.1) is 24.0 Å². The van der Waals surface area contributed by atoms with E-state index in [9.17, 15) is 9.18 Å². The minimum Gasteiger partial charge on any atom is -0.361 e. The average Bonchev–Trinajstić information content (AvgIpc) is 3.19. The molecule has 0 saturated carbocycles. The molecule has 172 valence electrons. The summed E-state index contributed by atoms with van der Waals surface area (Å²) in [5.74, 6) is 0.511. The Bertz CT molecular complexity index is 1040. The third-order valence-corrected chi connectivity index (χ3v) is 5.35. The van der Waals surface area contributed by atoms with Gasteiger partial charge in [0.1, 0.15) is 5.82 Å². The molecule has 0 unspecified atom stereocenters. The number of carbonyl (C=O) groups excluding carboxylic acids is 1. The summed E-state index contributed by atoms with van der Waals surface area (Å²) in [5, 5.41) is 7.48. The van der Waals surface area contributed by atoms with Crippen molar-refractivity contribution in [2.24, 2.45) is 4.99 Å². The summed E-state index contributed by atoms with van der Waals surface area (Å²) >= 11 is 0. The number of fused-ring (bicyclic) bond motifs is 1. The summed E-state index contributed by atoms with van der Waals surface area (Å²) in [6.45, 7) is 6.63. The van der Waals surface area contributed by atoms with Crippen molar-refractivity contribution in [2.45, 2.75) is 26.8 Å². The third-order valence-electron chi connectivity index (χ3n) is 5.35. The molecule has 0 spiro atoms. The fraction of sp³-hybridized carbons (Fsp3) is 0.333. The number of hydrogen-bond donors (Lipinski definition) is 3.